The van der Waals surface area contributed by atoms with Crippen LogP contribution in [0.4, 0.5) is 21.9 Å². The molecule has 10 nitrogen and oxygen atoms in total. The number of benzene rings is 3. The second kappa shape index (κ2) is 13.3. The summed E-state index contributed by atoms with van der Waals surface area (Å²) in [5, 5.41) is 13.7. The van der Waals surface area contributed by atoms with Gasteiger partial charge in [0, 0.05) is 53.2 Å². The fraction of sp³-hybridized carbons (Fsp3) is 0.207. The molecule has 0 atom stereocenters. The number of nitro benzene ring substituents is 1. The number of hydrogen-bond acceptors (Lipinski definition) is 8. The van der Waals surface area contributed by atoms with Crippen molar-refractivity contribution in [2.24, 2.45) is 0 Å². The molecule has 0 aliphatic carbocycles. The van der Waals surface area contributed by atoms with Crippen molar-refractivity contribution < 1.29 is 24.0 Å². The van der Waals surface area contributed by atoms with Crippen molar-refractivity contribution in [1.29, 1.82) is 0 Å². The van der Waals surface area contributed by atoms with Gasteiger partial charge in [0.1, 0.15) is 5.75 Å². The van der Waals surface area contributed by atoms with Gasteiger partial charge in [-0.15, -0.1) is 0 Å². The molecule has 1 N–H and O–H groups in total. The summed E-state index contributed by atoms with van der Waals surface area (Å²) in [6, 6.07) is 18.0. The summed E-state index contributed by atoms with van der Waals surface area (Å²) in [6.45, 7) is 5.16. The molecule has 212 valence electrons. The minimum absolute atomic E-state index is 0.0454. The fourth-order valence-corrected chi connectivity index (χ4v) is 5.19. The quantitative estimate of drug-likeness (QED) is 0.155. The molecule has 0 unspecified atom stereocenters. The molecule has 1 aliphatic heterocycles. The molecule has 1 fully saturated rings. The van der Waals surface area contributed by atoms with Gasteiger partial charge in [0.15, 0.2) is 6.61 Å². The van der Waals surface area contributed by atoms with Crippen LogP contribution in [0.2, 0.25) is 5.02 Å². The molecule has 1 saturated heterocycles. The standard InChI is InChI=1S/C29H27ClN4O6S/c1-3-32(4-2)22-13-12-19(14-26-28(36)33(29(37)41-26)17-20-8-5-6-11-24(20)30)25(16-22)40-18-27(35)31-21-9-7-10-23(15-21)34(38)39/h5-16H,3-4,17-18H2,1-2H3,(H,31,35)/b26-14+. The minimum Gasteiger partial charge on any atom is -0.483 e. The normalized spacial score (nSPS) is 13.9. The Bertz CT molecular complexity index is 1520. The number of nitrogens with zero attached hydrogens (tertiary/aromatic N) is 3. The first kappa shape index (κ1) is 29.6. The minimum atomic E-state index is -0.548. The summed E-state index contributed by atoms with van der Waals surface area (Å²) in [5.41, 5.74) is 2.12. The summed E-state index contributed by atoms with van der Waals surface area (Å²) in [4.78, 5) is 52.5. The number of rotatable bonds is 11. The average Bonchev–Trinajstić information content (AvgIpc) is 3.22. The Labute approximate surface area is 246 Å². The zero-order chi connectivity index (χ0) is 29.5. The second-order valence-electron chi connectivity index (χ2n) is 8.90. The lowest BCUT2D eigenvalue weighted by Gasteiger charge is -2.22. The van der Waals surface area contributed by atoms with Gasteiger partial charge in [-0.05, 0) is 61.5 Å². The smallest absolute Gasteiger partial charge is 0.293 e. The van der Waals surface area contributed by atoms with Crippen LogP contribution in [0.25, 0.3) is 6.08 Å². The molecule has 3 amide bonds. The van der Waals surface area contributed by atoms with E-state index in [0.29, 0.717) is 21.9 Å². The van der Waals surface area contributed by atoms with Crippen LogP contribution in [0.15, 0.2) is 71.6 Å². The average molecular weight is 595 g/mol. The molecule has 0 radical (unpaired) electrons. The molecular formula is C29H27ClN4O6S. The number of anilines is 2. The van der Waals surface area contributed by atoms with Gasteiger partial charge in [-0.1, -0.05) is 35.9 Å². The molecule has 0 aromatic heterocycles. The van der Waals surface area contributed by atoms with Gasteiger partial charge in [0.05, 0.1) is 16.4 Å². The topological polar surface area (TPSA) is 122 Å². The zero-order valence-corrected chi connectivity index (χ0v) is 23.9. The molecule has 3 aromatic rings. The number of halogens is 1. The Balaban J connectivity index is 1.56. The summed E-state index contributed by atoms with van der Waals surface area (Å²) in [6.07, 6.45) is 1.57. The Kier molecular flexibility index (Phi) is 9.64. The Morgan fingerprint density at radius 2 is 1.85 bits per heavy atom. The van der Waals surface area contributed by atoms with Crippen LogP contribution < -0.4 is 15.0 Å². The van der Waals surface area contributed by atoms with Crippen molar-refractivity contribution in [3.05, 3.63) is 97.9 Å². The lowest BCUT2D eigenvalue weighted by Crippen LogP contribution is -2.27. The molecular weight excluding hydrogens is 568 g/mol. The lowest BCUT2D eigenvalue weighted by molar-refractivity contribution is -0.384. The van der Waals surface area contributed by atoms with Crippen molar-refractivity contribution in [3.8, 4) is 5.75 Å². The molecule has 41 heavy (non-hydrogen) atoms. The molecule has 0 spiro atoms. The fourth-order valence-electron chi connectivity index (χ4n) is 4.16. The maximum absolute atomic E-state index is 13.2. The highest BCUT2D eigenvalue weighted by Gasteiger charge is 2.35. The first-order valence-corrected chi connectivity index (χ1v) is 13.9. The van der Waals surface area contributed by atoms with Gasteiger partial charge >= 0.3 is 0 Å². The third kappa shape index (κ3) is 7.24. The summed E-state index contributed by atoms with van der Waals surface area (Å²) in [5.74, 6) is -0.645. The third-order valence-electron chi connectivity index (χ3n) is 6.27. The van der Waals surface area contributed by atoms with E-state index in [2.05, 4.69) is 10.2 Å². The van der Waals surface area contributed by atoms with Crippen LogP contribution in [0, 0.1) is 10.1 Å². The Morgan fingerprint density at radius 1 is 1.10 bits per heavy atom. The molecule has 12 heteroatoms. The highest BCUT2D eigenvalue weighted by atomic mass is 35.5. The van der Waals surface area contributed by atoms with E-state index in [4.69, 9.17) is 16.3 Å². The third-order valence-corrected chi connectivity index (χ3v) is 7.55. The largest absolute Gasteiger partial charge is 0.483 e. The van der Waals surface area contributed by atoms with Crippen molar-refractivity contribution in [2.75, 3.05) is 29.9 Å². The van der Waals surface area contributed by atoms with Crippen LogP contribution in [0.3, 0.4) is 0 Å². The number of ether oxygens (including phenoxy) is 1. The van der Waals surface area contributed by atoms with E-state index in [-0.39, 0.29) is 29.4 Å². The van der Waals surface area contributed by atoms with Crippen molar-refractivity contribution >= 4 is 63.6 Å². The number of carbonyl (C=O) groups excluding carboxylic acids is 3. The SMILES string of the molecule is CCN(CC)c1ccc(/C=C2/SC(=O)N(Cc3ccccc3Cl)C2=O)c(OCC(=O)Nc2cccc([N+](=O)[O-])c2)c1. The first-order chi connectivity index (χ1) is 19.7. The first-order valence-electron chi connectivity index (χ1n) is 12.7. The highest BCUT2D eigenvalue weighted by Crippen LogP contribution is 2.36. The Morgan fingerprint density at radius 3 is 2.56 bits per heavy atom. The van der Waals surface area contributed by atoms with E-state index in [0.717, 1.165) is 35.4 Å². The monoisotopic (exact) mass is 594 g/mol. The number of non-ortho nitro benzene ring substituents is 1. The van der Waals surface area contributed by atoms with Crippen LogP contribution in [0.5, 0.6) is 5.75 Å². The zero-order valence-electron chi connectivity index (χ0n) is 22.3. The summed E-state index contributed by atoms with van der Waals surface area (Å²) in [7, 11) is 0. The molecule has 1 heterocycles. The number of carbonyl (C=O) groups is 3. The van der Waals surface area contributed by atoms with Gasteiger partial charge in [-0.2, -0.15) is 0 Å². The van der Waals surface area contributed by atoms with Crippen LogP contribution in [-0.4, -0.2) is 46.6 Å². The molecule has 4 rings (SSSR count). The van der Waals surface area contributed by atoms with E-state index in [1.165, 1.54) is 24.3 Å². The summed E-state index contributed by atoms with van der Waals surface area (Å²) < 4.78 is 5.89. The molecule has 3 aromatic carbocycles. The van der Waals surface area contributed by atoms with Gasteiger partial charge in [0.25, 0.3) is 22.7 Å². The van der Waals surface area contributed by atoms with Gasteiger partial charge in [-0.25, -0.2) is 0 Å². The summed E-state index contributed by atoms with van der Waals surface area (Å²) >= 11 is 7.04. The predicted octanol–water partition coefficient (Wildman–Crippen LogP) is 6.35. The molecule has 1 aliphatic rings. The van der Waals surface area contributed by atoms with E-state index in [1.807, 2.05) is 19.9 Å². The Hall–Kier alpha value is -4.35. The van der Waals surface area contributed by atoms with E-state index >= 15 is 0 Å². The number of nitro groups is 1. The van der Waals surface area contributed by atoms with Gasteiger partial charge in [-0.3, -0.25) is 29.4 Å². The van der Waals surface area contributed by atoms with E-state index < -0.39 is 22.0 Å². The van der Waals surface area contributed by atoms with Gasteiger partial charge in [0.2, 0.25) is 0 Å². The van der Waals surface area contributed by atoms with Crippen molar-refractivity contribution in [1.82, 2.24) is 4.90 Å². The van der Waals surface area contributed by atoms with E-state index in [9.17, 15) is 24.5 Å². The molecule has 0 saturated carbocycles. The lowest BCUT2D eigenvalue weighted by atomic mass is 10.1. The van der Waals surface area contributed by atoms with E-state index in [1.54, 1.807) is 42.5 Å². The number of amides is 3. The van der Waals surface area contributed by atoms with Crippen LogP contribution >= 0.6 is 23.4 Å². The van der Waals surface area contributed by atoms with Crippen molar-refractivity contribution in [3.63, 3.8) is 0 Å². The number of thioether (sulfide) groups is 1. The predicted molar refractivity (Wildman–Crippen MR) is 160 cm³/mol. The van der Waals surface area contributed by atoms with Crippen LogP contribution in [-0.2, 0) is 16.1 Å². The highest BCUT2D eigenvalue weighted by molar-refractivity contribution is 8.18. The number of hydrogen-bond donors (Lipinski definition) is 1. The maximum Gasteiger partial charge on any atom is 0.293 e. The van der Waals surface area contributed by atoms with Gasteiger partial charge < -0.3 is 15.0 Å². The number of imide groups is 1. The van der Waals surface area contributed by atoms with Crippen molar-refractivity contribution in [2.45, 2.75) is 20.4 Å². The molecule has 0 bridgehead atoms. The number of nitrogens with one attached hydrogen (secondary N) is 1. The van der Waals surface area contributed by atoms with Crippen LogP contribution in [0.1, 0.15) is 25.0 Å². The maximum atomic E-state index is 13.2. The second-order valence-corrected chi connectivity index (χ2v) is 10.3.